The van der Waals surface area contributed by atoms with Crippen LogP contribution in [0.5, 0.6) is 0 Å². The molecule has 100 valence electrons. The smallest absolute Gasteiger partial charge is 0.0417 e. The van der Waals surface area contributed by atoms with Gasteiger partial charge in [-0.3, -0.25) is 0 Å². The Hall–Kier alpha value is -0.180. The Labute approximate surface area is 120 Å². The fraction of sp³-hybridized carbons (Fsp3) is 0.600. The maximum atomic E-state index is 6.05. The molecule has 2 atom stereocenters. The lowest BCUT2D eigenvalue weighted by Crippen LogP contribution is -2.43. The maximum absolute atomic E-state index is 6.05. The summed E-state index contributed by atoms with van der Waals surface area (Å²) in [7, 11) is 0. The minimum atomic E-state index is 0.395. The molecule has 1 saturated carbocycles. The first kappa shape index (κ1) is 14.2. The van der Waals surface area contributed by atoms with E-state index in [1.165, 1.54) is 17.7 Å². The van der Waals surface area contributed by atoms with Gasteiger partial charge in [-0.05, 0) is 43.0 Å². The Morgan fingerprint density at radius 1 is 1.44 bits per heavy atom. The van der Waals surface area contributed by atoms with E-state index in [1.807, 2.05) is 23.9 Å². The van der Waals surface area contributed by atoms with Gasteiger partial charge < -0.3 is 5.32 Å². The monoisotopic (exact) mass is 283 g/mol. The Morgan fingerprint density at radius 2 is 2.22 bits per heavy atom. The first-order valence-electron chi connectivity index (χ1n) is 6.68. The quantitative estimate of drug-likeness (QED) is 0.867. The van der Waals surface area contributed by atoms with E-state index in [2.05, 4.69) is 38.2 Å². The van der Waals surface area contributed by atoms with Crippen molar-refractivity contribution in [2.24, 2.45) is 5.41 Å². The summed E-state index contributed by atoms with van der Waals surface area (Å²) in [5, 5.41) is 5.15. The van der Waals surface area contributed by atoms with Crippen molar-refractivity contribution in [3.8, 4) is 0 Å². The highest BCUT2D eigenvalue weighted by Gasteiger charge is 2.41. The molecule has 0 heterocycles. The van der Waals surface area contributed by atoms with E-state index in [0.717, 1.165) is 11.6 Å². The predicted molar refractivity (Wildman–Crippen MR) is 81.6 cm³/mol. The summed E-state index contributed by atoms with van der Waals surface area (Å²) in [6.07, 6.45) is 2.57. The number of thioether (sulfide) groups is 1. The number of rotatable bonds is 4. The van der Waals surface area contributed by atoms with Crippen LogP contribution in [0.15, 0.2) is 29.2 Å². The minimum Gasteiger partial charge on any atom is -0.313 e. The van der Waals surface area contributed by atoms with Gasteiger partial charge >= 0.3 is 0 Å². The van der Waals surface area contributed by atoms with Crippen molar-refractivity contribution in [3.05, 3.63) is 29.3 Å². The topological polar surface area (TPSA) is 12.0 Å². The molecule has 2 unspecified atom stereocenters. The van der Waals surface area contributed by atoms with Crippen LogP contribution in [0.4, 0.5) is 0 Å². The van der Waals surface area contributed by atoms with Crippen LogP contribution in [0.2, 0.25) is 5.02 Å². The zero-order chi connectivity index (χ0) is 13.2. The van der Waals surface area contributed by atoms with Crippen molar-refractivity contribution in [2.75, 3.05) is 6.54 Å². The van der Waals surface area contributed by atoms with E-state index >= 15 is 0 Å². The van der Waals surface area contributed by atoms with Crippen molar-refractivity contribution in [3.63, 3.8) is 0 Å². The lowest BCUT2D eigenvalue weighted by Gasteiger charge is -2.31. The van der Waals surface area contributed by atoms with Crippen LogP contribution in [-0.2, 0) is 0 Å². The molecule has 0 aliphatic heterocycles. The summed E-state index contributed by atoms with van der Waals surface area (Å²) in [6.45, 7) is 7.98. The van der Waals surface area contributed by atoms with Gasteiger partial charge in [0, 0.05) is 21.2 Å². The molecule has 0 spiro atoms. The van der Waals surface area contributed by atoms with Crippen LogP contribution in [-0.4, -0.2) is 17.8 Å². The molecule has 0 amide bonds. The zero-order valence-corrected chi connectivity index (χ0v) is 12.9. The maximum Gasteiger partial charge on any atom is 0.0417 e. The van der Waals surface area contributed by atoms with Gasteiger partial charge in [-0.15, -0.1) is 11.8 Å². The summed E-state index contributed by atoms with van der Waals surface area (Å²) in [6, 6.07) is 8.79. The molecule has 18 heavy (non-hydrogen) atoms. The highest BCUT2D eigenvalue weighted by Crippen LogP contribution is 2.45. The van der Waals surface area contributed by atoms with Crippen molar-refractivity contribution in [1.29, 1.82) is 0 Å². The van der Waals surface area contributed by atoms with Gasteiger partial charge in [0.15, 0.2) is 0 Å². The van der Waals surface area contributed by atoms with Crippen molar-refractivity contribution >= 4 is 23.4 Å². The Kier molecular flexibility index (Phi) is 4.63. The third-order valence-electron chi connectivity index (χ3n) is 3.79. The first-order chi connectivity index (χ1) is 8.53. The van der Waals surface area contributed by atoms with Gasteiger partial charge in [0.25, 0.3) is 0 Å². The van der Waals surface area contributed by atoms with Gasteiger partial charge in [0.1, 0.15) is 0 Å². The Balaban J connectivity index is 2.09. The predicted octanol–water partition coefficient (Wildman–Crippen LogP) is 4.60. The van der Waals surface area contributed by atoms with Crippen LogP contribution in [0.1, 0.15) is 33.6 Å². The molecule has 1 N–H and O–H groups in total. The van der Waals surface area contributed by atoms with Crippen LogP contribution < -0.4 is 5.32 Å². The van der Waals surface area contributed by atoms with E-state index in [1.54, 1.807) is 0 Å². The number of hydrogen-bond acceptors (Lipinski definition) is 2. The SMILES string of the molecule is CCNC1C(Sc2cccc(Cl)c2)CCC1(C)C. The van der Waals surface area contributed by atoms with Gasteiger partial charge in [-0.25, -0.2) is 0 Å². The van der Waals surface area contributed by atoms with Gasteiger partial charge in [-0.2, -0.15) is 0 Å². The highest BCUT2D eigenvalue weighted by atomic mass is 35.5. The molecule has 0 aromatic heterocycles. The van der Waals surface area contributed by atoms with E-state index in [4.69, 9.17) is 11.6 Å². The van der Waals surface area contributed by atoms with Crippen molar-refractivity contribution in [1.82, 2.24) is 5.32 Å². The van der Waals surface area contributed by atoms with Gasteiger partial charge in [-0.1, -0.05) is 38.4 Å². The molecule has 2 rings (SSSR count). The average molecular weight is 284 g/mol. The number of hydrogen-bond donors (Lipinski definition) is 1. The van der Waals surface area contributed by atoms with E-state index in [0.29, 0.717) is 16.7 Å². The lowest BCUT2D eigenvalue weighted by molar-refractivity contribution is 0.290. The van der Waals surface area contributed by atoms with Gasteiger partial charge in [0.05, 0.1) is 0 Å². The van der Waals surface area contributed by atoms with Gasteiger partial charge in [0.2, 0.25) is 0 Å². The summed E-state index contributed by atoms with van der Waals surface area (Å²) < 4.78 is 0. The first-order valence-corrected chi connectivity index (χ1v) is 7.94. The van der Waals surface area contributed by atoms with Crippen LogP contribution in [0.25, 0.3) is 0 Å². The lowest BCUT2D eigenvalue weighted by atomic mass is 9.87. The summed E-state index contributed by atoms with van der Waals surface area (Å²) in [4.78, 5) is 1.29. The largest absolute Gasteiger partial charge is 0.313 e. The molecule has 3 heteroatoms. The molecule has 1 aliphatic carbocycles. The molecule has 1 aromatic carbocycles. The Morgan fingerprint density at radius 3 is 2.89 bits per heavy atom. The second-order valence-electron chi connectivity index (χ2n) is 5.68. The molecule has 0 saturated heterocycles. The van der Waals surface area contributed by atoms with E-state index in [-0.39, 0.29) is 0 Å². The molecular weight excluding hydrogens is 262 g/mol. The van der Waals surface area contributed by atoms with Crippen LogP contribution in [0.3, 0.4) is 0 Å². The fourth-order valence-electron chi connectivity index (χ4n) is 2.81. The normalized spacial score (nSPS) is 26.4. The van der Waals surface area contributed by atoms with Crippen LogP contribution >= 0.6 is 23.4 Å². The van der Waals surface area contributed by atoms with Crippen molar-refractivity contribution in [2.45, 2.75) is 49.8 Å². The summed E-state index contributed by atoms with van der Waals surface area (Å²) >= 11 is 8.02. The second kappa shape index (κ2) is 5.85. The molecular formula is C15H22ClNS. The van der Waals surface area contributed by atoms with Crippen molar-refractivity contribution < 1.29 is 0 Å². The standard InChI is InChI=1S/C15H22ClNS/c1-4-17-14-13(8-9-15(14,2)3)18-12-7-5-6-11(16)10-12/h5-7,10,13-14,17H,4,8-9H2,1-3H3. The molecule has 1 nitrogen and oxygen atoms in total. The molecule has 1 aliphatic rings. The third-order valence-corrected chi connectivity index (χ3v) is 5.37. The summed E-state index contributed by atoms with van der Waals surface area (Å²) in [5.41, 5.74) is 0.395. The van der Waals surface area contributed by atoms with Crippen LogP contribution in [0, 0.1) is 5.41 Å². The minimum absolute atomic E-state index is 0.395. The summed E-state index contributed by atoms with van der Waals surface area (Å²) in [5.74, 6) is 0. The number of halogens is 1. The molecule has 1 aromatic rings. The second-order valence-corrected chi connectivity index (χ2v) is 7.43. The highest BCUT2D eigenvalue weighted by molar-refractivity contribution is 8.00. The molecule has 1 fully saturated rings. The number of nitrogens with one attached hydrogen (secondary N) is 1. The average Bonchev–Trinajstić information content (AvgIpc) is 2.57. The molecule has 0 radical (unpaired) electrons. The Bertz CT molecular complexity index is 405. The van der Waals surface area contributed by atoms with E-state index < -0.39 is 0 Å². The fourth-order valence-corrected chi connectivity index (χ4v) is 4.60. The number of benzene rings is 1. The van der Waals surface area contributed by atoms with E-state index in [9.17, 15) is 0 Å². The third kappa shape index (κ3) is 3.23. The molecule has 0 bridgehead atoms. The zero-order valence-electron chi connectivity index (χ0n) is 11.4.